The summed E-state index contributed by atoms with van der Waals surface area (Å²) in [7, 11) is 0. The van der Waals surface area contributed by atoms with Gasteiger partial charge in [0.1, 0.15) is 19.3 Å². The van der Waals surface area contributed by atoms with Crippen molar-refractivity contribution >= 4 is 29.5 Å². The number of carboxylic acid groups (broad SMARTS) is 1. The number of unbranched alkanes of at least 4 members (excludes halogenated alkanes) is 1. The Labute approximate surface area is 223 Å². The number of rotatable bonds is 26. The number of ether oxygens (including phenoxy) is 4. The summed E-state index contributed by atoms with van der Waals surface area (Å²) in [5.74, 6) is -1.93. The number of carboxylic acids is 1. The number of hydrogen-bond donors (Lipinski definition) is 5. The van der Waals surface area contributed by atoms with Crippen molar-refractivity contribution in [3.63, 3.8) is 0 Å². The number of carbonyl (C=O) groups is 5. The first-order chi connectivity index (χ1) is 18.2. The van der Waals surface area contributed by atoms with Gasteiger partial charge in [-0.2, -0.15) is 0 Å². The highest BCUT2D eigenvalue weighted by Gasteiger charge is 2.08. The van der Waals surface area contributed by atoms with Crippen LogP contribution in [0.3, 0.4) is 0 Å². The molecule has 14 nitrogen and oxygen atoms in total. The van der Waals surface area contributed by atoms with Crippen LogP contribution in [-0.2, 0) is 42.9 Å². The molecule has 38 heavy (non-hydrogen) atoms. The van der Waals surface area contributed by atoms with Crippen LogP contribution in [0.15, 0.2) is 0 Å². The summed E-state index contributed by atoms with van der Waals surface area (Å²) in [4.78, 5) is 56.4. The molecule has 0 bridgehead atoms. The molecule has 0 aliphatic rings. The second-order valence-corrected chi connectivity index (χ2v) is 8.23. The smallest absolute Gasteiger partial charge is 0.303 e. The number of hydrogen-bond acceptors (Lipinski definition) is 10. The van der Waals surface area contributed by atoms with Gasteiger partial charge < -0.3 is 45.1 Å². The minimum absolute atomic E-state index is 0.0418. The Morgan fingerprint density at radius 2 is 1.11 bits per heavy atom. The van der Waals surface area contributed by atoms with Crippen LogP contribution in [0.4, 0.5) is 0 Å². The van der Waals surface area contributed by atoms with Crippen LogP contribution in [0.25, 0.3) is 0 Å². The zero-order valence-corrected chi connectivity index (χ0v) is 22.2. The van der Waals surface area contributed by atoms with E-state index in [2.05, 4.69) is 16.0 Å². The lowest BCUT2D eigenvalue weighted by Gasteiger charge is -2.09. The SMILES string of the molecule is CC(O)C(=O)CCCCNC(=O)COCCOCCNC(=O)COCCOCCNC(=O)CCCC(=O)O. The number of aliphatic carboxylic acids is 1. The highest BCUT2D eigenvalue weighted by Crippen LogP contribution is 1.99. The highest BCUT2D eigenvalue weighted by atomic mass is 16.5. The molecular formula is C24H43N3O11. The quantitative estimate of drug-likeness (QED) is 0.0810. The Hall–Kier alpha value is -2.65. The van der Waals surface area contributed by atoms with Crippen molar-refractivity contribution in [2.75, 3.05) is 72.5 Å². The molecule has 0 aliphatic heterocycles. The van der Waals surface area contributed by atoms with Crippen LogP contribution in [0.2, 0.25) is 0 Å². The maximum Gasteiger partial charge on any atom is 0.303 e. The van der Waals surface area contributed by atoms with Crippen molar-refractivity contribution in [1.29, 1.82) is 0 Å². The maximum absolute atomic E-state index is 11.7. The molecule has 0 heterocycles. The van der Waals surface area contributed by atoms with E-state index < -0.39 is 12.1 Å². The van der Waals surface area contributed by atoms with E-state index in [1.165, 1.54) is 6.92 Å². The second-order valence-electron chi connectivity index (χ2n) is 8.23. The minimum atomic E-state index is -0.950. The second kappa shape index (κ2) is 24.7. The van der Waals surface area contributed by atoms with E-state index in [0.717, 1.165) is 0 Å². The Kier molecular flexibility index (Phi) is 23.0. The van der Waals surface area contributed by atoms with Crippen molar-refractivity contribution in [3.05, 3.63) is 0 Å². The summed E-state index contributed by atoms with van der Waals surface area (Å²) in [6.45, 7) is 3.75. The average Bonchev–Trinajstić information content (AvgIpc) is 2.86. The number of Topliss-reactive ketones (excluding diaryl/α,β-unsaturated/α-hetero) is 1. The molecule has 3 amide bonds. The standard InChI is InChI=1S/C24H43N3O11/c1-19(28)20(29)5-2-3-8-25-22(31)17-37-15-14-36-12-10-27-23(32)18-38-16-13-35-11-9-26-21(30)6-4-7-24(33)34/h19,28H,2-18H2,1H3,(H,25,31)(H,26,30)(H,27,32)(H,33,34). The van der Waals surface area contributed by atoms with E-state index in [9.17, 15) is 24.0 Å². The third-order valence-electron chi connectivity index (χ3n) is 4.78. The molecule has 0 aromatic heterocycles. The Morgan fingerprint density at radius 1 is 0.605 bits per heavy atom. The number of carbonyl (C=O) groups excluding carboxylic acids is 4. The van der Waals surface area contributed by atoms with E-state index in [-0.39, 0.29) is 95.6 Å². The van der Waals surface area contributed by atoms with Crippen molar-refractivity contribution in [2.45, 2.75) is 51.6 Å². The van der Waals surface area contributed by atoms with Crippen molar-refractivity contribution in [3.8, 4) is 0 Å². The predicted octanol–water partition coefficient (Wildman–Crippen LogP) is -1.22. The molecule has 0 saturated carbocycles. The third kappa shape index (κ3) is 25.0. The minimum Gasteiger partial charge on any atom is -0.481 e. The zero-order chi connectivity index (χ0) is 28.4. The van der Waals surface area contributed by atoms with Crippen LogP contribution in [0.1, 0.15) is 45.4 Å². The molecule has 0 radical (unpaired) electrons. The van der Waals surface area contributed by atoms with E-state index in [1.807, 2.05) is 0 Å². The Morgan fingerprint density at radius 3 is 1.63 bits per heavy atom. The van der Waals surface area contributed by atoms with Gasteiger partial charge in [-0.05, 0) is 26.2 Å². The number of amides is 3. The average molecular weight is 550 g/mol. The molecule has 1 atom stereocenters. The van der Waals surface area contributed by atoms with Crippen molar-refractivity contribution in [1.82, 2.24) is 16.0 Å². The van der Waals surface area contributed by atoms with Crippen LogP contribution >= 0.6 is 0 Å². The molecule has 0 saturated heterocycles. The zero-order valence-electron chi connectivity index (χ0n) is 22.2. The van der Waals surface area contributed by atoms with Gasteiger partial charge in [-0.1, -0.05) is 0 Å². The molecule has 1 unspecified atom stereocenters. The normalized spacial score (nSPS) is 11.5. The van der Waals surface area contributed by atoms with Gasteiger partial charge in [-0.25, -0.2) is 0 Å². The number of aliphatic hydroxyl groups is 1. The maximum atomic E-state index is 11.7. The first-order valence-electron chi connectivity index (χ1n) is 12.8. The topological polar surface area (TPSA) is 199 Å². The van der Waals surface area contributed by atoms with Crippen molar-refractivity contribution < 1.29 is 53.1 Å². The molecule has 5 N–H and O–H groups in total. The summed E-state index contributed by atoms with van der Waals surface area (Å²) >= 11 is 0. The van der Waals surface area contributed by atoms with Crippen molar-refractivity contribution in [2.24, 2.45) is 0 Å². The largest absolute Gasteiger partial charge is 0.481 e. The predicted molar refractivity (Wildman–Crippen MR) is 134 cm³/mol. The van der Waals surface area contributed by atoms with E-state index in [4.69, 9.17) is 29.2 Å². The van der Waals surface area contributed by atoms with E-state index in [0.29, 0.717) is 38.9 Å². The van der Waals surface area contributed by atoms with Gasteiger partial charge in [0.15, 0.2) is 5.78 Å². The third-order valence-corrected chi connectivity index (χ3v) is 4.78. The molecule has 0 fully saturated rings. The fourth-order valence-corrected chi connectivity index (χ4v) is 2.75. The molecule has 0 rings (SSSR count). The molecule has 0 spiro atoms. The van der Waals surface area contributed by atoms with E-state index >= 15 is 0 Å². The van der Waals surface area contributed by atoms with Gasteiger partial charge in [0.25, 0.3) is 0 Å². The van der Waals surface area contributed by atoms with Crippen LogP contribution in [0.5, 0.6) is 0 Å². The Balaban J connectivity index is 3.38. The summed E-state index contributed by atoms with van der Waals surface area (Å²) in [6, 6.07) is 0. The fourth-order valence-electron chi connectivity index (χ4n) is 2.75. The van der Waals surface area contributed by atoms with Crippen LogP contribution in [-0.4, -0.2) is 118 Å². The van der Waals surface area contributed by atoms with E-state index in [1.54, 1.807) is 0 Å². The molecular weight excluding hydrogens is 506 g/mol. The number of aliphatic hydroxyl groups excluding tert-OH is 1. The molecule has 0 aromatic carbocycles. The highest BCUT2D eigenvalue weighted by molar-refractivity contribution is 5.82. The fraction of sp³-hybridized carbons (Fsp3) is 0.792. The van der Waals surface area contributed by atoms with Gasteiger partial charge in [-0.15, -0.1) is 0 Å². The lowest BCUT2D eigenvalue weighted by molar-refractivity contribution is -0.137. The monoisotopic (exact) mass is 549 g/mol. The van der Waals surface area contributed by atoms with Gasteiger partial charge in [0.2, 0.25) is 17.7 Å². The lowest BCUT2D eigenvalue weighted by atomic mass is 10.1. The molecule has 14 heteroatoms. The van der Waals surface area contributed by atoms with Gasteiger partial charge >= 0.3 is 5.97 Å². The lowest BCUT2D eigenvalue weighted by Crippen LogP contribution is -2.31. The molecule has 220 valence electrons. The summed E-state index contributed by atoms with van der Waals surface area (Å²) in [5, 5.41) is 25.5. The van der Waals surface area contributed by atoms with Crippen LogP contribution < -0.4 is 16.0 Å². The first kappa shape index (κ1) is 35.4. The Bertz CT molecular complexity index is 690. The number of ketones is 1. The summed E-state index contributed by atoms with van der Waals surface area (Å²) in [5.41, 5.74) is 0. The van der Waals surface area contributed by atoms with Gasteiger partial charge in [-0.3, -0.25) is 24.0 Å². The first-order valence-corrected chi connectivity index (χ1v) is 12.8. The van der Waals surface area contributed by atoms with Gasteiger partial charge in [0.05, 0.1) is 39.6 Å². The molecule has 0 aromatic rings. The summed E-state index contributed by atoms with van der Waals surface area (Å²) < 4.78 is 21.0. The summed E-state index contributed by atoms with van der Waals surface area (Å²) in [6.07, 6.45) is 0.974. The van der Waals surface area contributed by atoms with Crippen LogP contribution in [0, 0.1) is 0 Å². The van der Waals surface area contributed by atoms with Gasteiger partial charge in [0, 0.05) is 38.9 Å². The number of nitrogens with one attached hydrogen (secondary N) is 3. The molecule has 0 aliphatic carbocycles.